The van der Waals surface area contributed by atoms with Crippen molar-refractivity contribution in [2.75, 3.05) is 13.2 Å². The number of carbonyl (C=O) groups is 1. The van der Waals surface area contributed by atoms with E-state index in [4.69, 9.17) is 11.2 Å². The lowest BCUT2D eigenvalue weighted by molar-refractivity contribution is -0.145. The van der Waals surface area contributed by atoms with E-state index >= 15 is 0 Å². The number of carbonyl (C=O) groups excluding carboxylic acids is 1. The van der Waals surface area contributed by atoms with Gasteiger partial charge in [-0.1, -0.05) is 26.7 Å². The second kappa shape index (κ2) is 6.69. The van der Waals surface area contributed by atoms with Gasteiger partial charge in [-0.25, -0.2) is 9.78 Å². The zero-order valence-electron chi connectivity index (χ0n) is 11.8. The molecule has 0 aliphatic rings. The Morgan fingerprint density at radius 3 is 2.79 bits per heavy atom. The Kier molecular flexibility index (Phi) is 5.52. The number of hydrogen-bond acceptors (Lipinski definition) is 5. The van der Waals surface area contributed by atoms with Crippen molar-refractivity contribution >= 4 is 17.3 Å². The molecule has 0 bridgehead atoms. The predicted molar refractivity (Wildman–Crippen MR) is 77.0 cm³/mol. The van der Waals surface area contributed by atoms with Gasteiger partial charge in [0, 0.05) is 10.8 Å². The maximum absolute atomic E-state index is 11.9. The van der Waals surface area contributed by atoms with Gasteiger partial charge in [-0.3, -0.25) is 5.32 Å². The molecule has 0 fully saturated rings. The number of rotatable bonds is 5. The summed E-state index contributed by atoms with van der Waals surface area (Å²) in [6.07, 6.45) is 5.22. The molecule has 0 aromatic carbocycles. The monoisotopic (exact) mass is 280 g/mol. The molecular weight excluding hydrogens is 260 g/mol. The molecule has 1 atom stereocenters. The van der Waals surface area contributed by atoms with Crippen LogP contribution in [0.5, 0.6) is 0 Å². The fourth-order valence-electron chi connectivity index (χ4n) is 1.46. The summed E-state index contributed by atoms with van der Waals surface area (Å²) in [5.41, 5.74) is 0.637. The van der Waals surface area contributed by atoms with Crippen molar-refractivity contribution in [1.82, 2.24) is 10.3 Å². The predicted octanol–water partition coefficient (Wildman–Crippen LogP) is 2.27. The molecule has 1 rings (SSSR count). The molecule has 0 aliphatic carbocycles. The lowest BCUT2D eigenvalue weighted by Gasteiger charge is -2.16. The zero-order valence-corrected chi connectivity index (χ0v) is 12.6. The van der Waals surface area contributed by atoms with E-state index in [9.17, 15) is 4.79 Å². The average Bonchev–Trinajstić information content (AvgIpc) is 2.79. The highest BCUT2D eigenvalue weighted by Crippen LogP contribution is 2.28. The van der Waals surface area contributed by atoms with Crippen molar-refractivity contribution in [3.8, 4) is 12.3 Å². The van der Waals surface area contributed by atoms with Crippen LogP contribution in [0.15, 0.2) is 5.38 Å². The van der Waals surface area contributed by atoms with E-state index in [1.165, 1.54) is 0 Å². The minimum Gasteiger partial charge on any atom is -0.465 e. The van der Waals surface area contributed by atoms with Crippen molar-refractivity contribution in [2.24, 2.45) is 0 Å². The fourth-order valence-corrected chi connectivity index (χ4v) is 2.39. The smallest absolute Gasteiger partial charge is 0.329 e. The second-order valence-electron chi connectivity index (χ2n) is 5.10. The second-order valence-corrected chi connectivity index (χ2v) is 5.96. The van der Waals surface area contributed by atoms with E-state index in [0.717, 1.165) is 5.01 Å². The third kappa shape index (κ3) is 4.34. The van der Waals surface area contributed by atoms with Crippen LogP contribution < -0.4 is 5.32 Å². The van der Waals surface area contributed by atoms with Crippen LogP contribution in [0.3, 0.4) is 0 Å². The molecule has 5 heteroatoms. The van der Waals surface area contributed by atoms with Crippen LogP contribution in [0.25, 0.3) is 0 Å². The molecule has 0 amide bonds. The molecule has 1 aromatic heterocycles. The fraction of sp³-hybridized carbons (Fsp3) is 0.571. The van der Waals surface area contributed by atoms with Gasteiger partial charge in [0.15, 0.2) is 6.04 Å². The molecule has 0 saturated heterocycles. The van der Waals surface area contributed by atoms with Gasteiger partial charge in [-0.05, 0) is 6.92 Å². The van der Waals surface area contributed by atoms with Crippen LogP contribution >= 0.6 is 11.3 Å². The molecule has 4 nitrogen and oxygen atoms in total. The summed E-state index contributed by atoms with van der Waals surface area (Å²) in [5.74, 6) is 2.11. The lowest BCUT2D eigenvalue weighted by Crippen LogP contribution is -2.31. The Morgan fingerprint density at radius 1 is 1.63 bits per heavy atom. The number of esters is 1. The van der Waals surface area contributed by atoms with Crippen molar-refractivity contribution in [3.05, 3.63) is 16.1 Å². The number of terminal acetylenes is 1. The normalized spacial score (nSPS) is 12.8. The first-order valence-electron chi connectivity index (χ1n) is 6.19. The molecule has 1 N–H and O–H groups in total. The van der Waals surface area contributed by atoms with E-state index in [2.05, 4.69) is 37.0 Å². The van der Waals surface area contributed by atoms with E-state index in [1.54, 1.807) is 18.3 Å². The summed E-state index contributed by atoms with van der Waals surface area (Å²) in [6, 6.07) is -0.594. The first kappa shape index (κ1) is 15.7. The Labute approximate surface area is 118 Å². The van der Waals surface area contributed by atoms with E-state index in [0.29, 0.717) is 18.8 Å². The minimum absolute atomic E-state index is 0.0335. The topological polar surface area (TPSA) is 51.2 Å². The zero-order chi connectivity index (χ0) is 14.5. The van der Waals surface area contributed by atoms with Crippen LogP contribution in [0.4, 0.5) is 0 Å². The van der Waals surface area contributed by atoms with Crippen LogP contribution in [0.2, 0.25) is 0 Å². The molecular formula is C14H20N2O2S. The number of hydrogen-bond donors (Lipinski definition) is 1. The summed E-state index contributed by atoms with van der Waals surface area (Å²) < 4.78 is 5.04. The van der Waals surface area contributed by atoms with Crippen molar-refractivity contribution in [2.45, 2.75) is 39.2 Å². The first-order valence-corrected chi connectivity index (χ1v) is 7.07. The maximum atomic E-state index is 11.9. The summed E-state index contributed by atoms with van der Waals surface area (Å²) in [4.78, 5) is 16.4. The van der Waals surface area contributed by atoms with Crippen LogP contribution in [-0.2, 0) is 14.9 Å². The number of nitrogens with zero attached hydrogens (tertiary/aromatic N) is 1. The highest BCUT2D eigenvalue weighted by atomic mass is 32.1. The Hall–Kier alpha value is -1.38. The number of nitrogens with one attached hydrogen (secondary N) is 1. The largest absolute Gasteiger partial charge is 0.465 e. The maximum Gasteiger partial charge on any atom is 0.329 e. The number of aromatic nitrogens is 1. The highest BCUT2D eigenvalue weighted by molar-refractivity contribution is 7.09. The lowest BCUT2D eigenvalue weighted by atomic mass is 9.98. The summed E-state index contributed by atoms with van der Waals surface area (Å²) >= 11 is 1.54. The molecule has 1 aromatic rings. The van der Waals surface area contributed by atoms with Gasteiger partial charge >= 0.3 is 5.97 Å². The van der Waals surface area contributed by atoms with E-state index in [-0.39, 0.29) is 11.4 Å². The SMILES string of the molecule is C#CCNC(C(=O)OCC)c1csc(C(C)(C)C)n1. The van der Waals surface area contributed by atoms with Crippen LogP contribution in [-0.4, -0.2) is 24.1 Å². The third-order valence-corrected chi connectivity index (χ3v) is 3.68. The summed E-state index contributed by atoms with van der Waals surface area (Å²) in [7, 11) is 0. The third-order valence-electron chi connectivity index (χ3n) is 2.39. The standard InChI is InChI=1S/C14H20N2O2S/c1-6-8-15-11(12(17)18-7-2)10-9-19-13(16-10)14(3,4)5/h1,9,11,15H,7-8H2,2-5H3. The Balaban J connectivity index is 2.94. The molecule has 104 valence electrons. The van der Waals surface area contributed by atoms with Crippen LogP contribution in [0.1, 0.15) is 44.4 Å². The summed E-state index contributed by atoms with van der Waals surface area (Å²) in [6.45, 7) is 8.67. The van der Waals surface area contributed by atoms with Crippen molar-refractivity contribution < 1.29 is 9.53 Å². The molecule has 0 spiro atoms. The Morgan fingerprint density at radius 2 is 2.32 bits per heavy atom. The van der Waals surface area contributed by atoms with E-state index in [1.807, 2.05) is 5.38 Å². The van der Waals surface area contributed by atoms with Gasteiger partial charge in [0.1, 0.15) is 0 Å². The molecule has 1 unspecified atom stereocenters. The number of thiazole rings is 1. The van der Waals surface area contributed by atoms with Gasteiger partial charge in [0.25, 0.3) is 0 Å². The number of ether oxygens (including phenoxy) is 1. The van der Waals surface area contributed by atoms with Crippen LogP contribution in [0, 0.1) is 12.3 Å². The molecule has 0 radical (unpaired) electrons. The molecule has 1 heterocycles. The van der Waals surface area contributed by atoms with Gasteiger partial charge in [0.05, 0.1) is 23.9 Å². The molecule has 0 saturated carbocycles. The van der Waals surface area contributed by atoms with Gasteiger partial charge in [0.2, 0.25) is 0 Å². The quantitative estimate of drug-likeness (QED) is 0.664. The molecule has 0 aliphatic heterocycles. The average molecular weight is 280 g/mol. The first-order chi connectivity index (χ1) is 8.90. The summed E-state index contributed by atoms with van der Waals surface area (Å²) in [5, 5.41) is 5.83. The Bertz CT molecular complexity index is 469. The van der Waals surface area contributed by atoms with Crippen molar-refractivity contribution in [3.63, 3.8) is 0 Å². The van der Waals surface area contributed by atoms with Gasteiger partial charge in [-0.2, -0.15) is 0 Å². The van der Waals surface area contributed by atoms with Gasteiger partial charge in [-0.15, -0.1) is 17.8 Å². The van der Waals surface area contributed by atoms with Gasteiger partial charge < -0.3 is 4.74 Å². The minimum atomic E-state index is -0.594. The van der Waals surface area contributed by atoms with E-state index < -0.39 is 6.04 Å². The van der Waals surface area contributed by atoms with Crippen molar-refractivity contribution in [1.29, 1.82) is 0 Å². The highest BCUT2D eigenvalue weighted by Gasteiger charge is 2.26. The molecule has 19 heavy (non-hydrogen) atoms.